The molecular weight excluding hydrogens is 324 g/mol. The average Bonchev–Trinajstić information content (AvgIpc) is 2.54. The van der Waals surface area contributed by atoms with E-state index in [1.807, 2.05) is 0 Å². The number of rotatable bonds is 5. The third-order valence-corrected chi connectivity index (χ3v) is 3.53. The van der Waals surface area contributed by atoms with Gasteiger partial charge in [0.2, 0.25) is 12.2 Å². The average molecular weight is 342 g/mol. The summed E-state index contributed by atoms with van der Waals surface area (Å²) in [5, 5.41) is 42.4. The Hall–Kier alpha value is -2.27. The summed E-state index contributed by atoms with van der Waals surface area (Å²) in [6.45, 7) is 0.626. The molecule has 0 unspecified atom stereocenters. The highest BCUT2D eigenvalue weighted by atomic mass is 16.7. The van der Waals surface area contributed by atoms with Crippen molar-refractivity contribution in [1.82, 2.24) is 5.32 Å². The number of non-ortho nitro benzene ring substituents is 1. The number of hydrogen-bond donors (Lipinski definition) is 4. The van der Waals surface area contributed by atoms with Crippen molar-refractivity contribution < 1.29 is 34.5 Å². The first-order chi connectivity index (χ1) is 11.3. The van der Waals surface area contributed by atoms with E-state index in [1.165, 1.54) is 25.1 Å². The van der Waals surface area contributed by atoms with Crippen LogP contribution in [0.5, 0.6) is 5.75 Å². The first-order valence-corrected chi connectivity index (χ1v) is 7.14. The second-order valence-electron chi connectivity index (χ2n) is 5.31. The quantitative estimate of drug-likeness (QED) is 0.389. The van der Waals surface area contributed by atoms with Crippen LogP contribution in [0, 0.1) is 10.1 Å². The number of ether oxygens (including phenoxy) is 2. The number of nitrogens with one attached hydrogen (secondary N) is 1. The van der Waals surface area contributed by atoms with E-state index in [9.17, 15) is 30.2 Å². The molecule has 24 heavy (non-hydrogen) atoms. The summed E-state index contributed by atoms with van der Waals surface area (Å²) >= 11 is 0. The van der Waals surface area contributed by atoms with Crippen LogP contribution >= 0.6 is 0 Å². The second kappa shape index (κ2) is 7.53. The lowest BCUT2D eigenvalue weighted by molar-refractivity contribution is -0.385. The third kappa shape index (κ3) is 3.97. The van der Waals surface area contributed by atoms with Gasteiger partial charge >= 0.3 is 0 Å². The Morgan fingerprint density at radius 2 is 2.12 bits per heavy atom. The van der Waals surface area contributed by atoms with Gasteiger partial charge in [-0.05, 0) is 6.07 Å². The van der Waals surface area contributed by atoms with Crippen molar-refractivity contribution in [1.29, 1.82) is 0 Å². The fourth-order valence-corrected chi connectivity index (χ4v) is 2.38. The summed E-state index contributed by atoms with van der Waals surface area (Å²) in [5.41, 5.74) is -0.210. The van der Waals surface area contributed by atoms with Crippen LogP contribution in [0.2, 0.25) is 0 Å². The molecule has 5 atom stereocenters. The largest absolute Gasteiger partial charge is 0.462 e. The van der Waals surface area contributed by atoms with Gasteiger partial charge in [0, 0.05) is 13.0 Å². The number of hydrogen-bond acceptors (Lipinski definition) is 8. The molecule has 1 fully saturated rings. The molecule has 0 spiro atoms. The molecule has 0 saturated carbocycles. The van der Waals surface area contributed by atoms with E-state index in [0.29, 0.717) is 0 Å². The zero-order valence-electron chi connectivity index (χ0n) is 12.7. The van der Waals surface area contributed by atoms with Crippen LogP contribution in [-0.4, -0.2) is 63.4 Å². The van der Waals surface area contributed by atoms with Gasteiger partial charge in [-0.15, -0.1) is 0 Å². The fourth-order valence-electron chi connectivity index (χ4n) is 2.38. The molecule has 1 aliphatic rings. The van der Waals surface area contributed by atoms with Crippen molar-refractivity contribution in [2.45, 2.75) is 37.6 Å². The Morgan fingerprint density at radius 1 is 1.42 bits per heavy atom. The highest BCUT2D eigenvalue weighted by Crippen LogP contribution is 2.26. The van der Waals surface area contributed by atoms with Crippen molar-refractivity contribution in [3.8, 4) is 5.75 Å². The first-order valence-electron chi connectivity index (χ1n) is 7.14. The number of aliphatic hydroxyl groups is 3. The summed E-state index contributed by atoms with van der Waals surface area (Å²) in [5.74, 6) is -0.422. The summed E-state index contributed by atoms with van der Waals surface area (Å²) in [6.07, 6.45) is -5.28. The molecule has 0 radical (unpaired) electrons. The van der Waals surface area contributed by atoms with E-state index < -0.39 is 48.1 Å². The number of carbonyl (C=O) groups excluding carboxylic acids is 1. The molecule has 0 aromatic heterocycles. The zero-order chi connectivity index (χ0) is 17.9. The van der Waals surface area contributed by atoms with E-state index in [0.717, 1.165) is 6.07 Å². The monoisotopic (exact) mass is 342 g/mol. The molecule has 10 heteroatoms. The lowest BCUT2D eigenvalue weighted by Gasteiger charge is -2.42. The summed E-state index contributed by atoms with van der Waals surface area (Å²) in [4.78, 5) is 21.5. The topological polar surface area (TPSA) is 151 Å². The minimum absolute atomic E-state index is 0.0739. The molecule has 0 bridgehead atoms. The highest BCUT2D eigenvalue weighted by molar-refractivity contribution is 5.73. The highest BCUT2D eigenvalue weighted by Gasteiger charge is 2.46. The van der Waals surface area contributed by atoms with Crippen LogP contribution in [0.4, 0.5) is 5.69 Å². The Kier molecular flexibility index (Phi) is 5.67. The van der Waals surface area contributed by atoms with E-state index in [4.69, 9.17) is 9.47 Å². The van der Waals surface area contributed by atoms with Crippen molar-refractivity contribution in [3.63, 3.8) is 0 Å². The van der Waals surface area contributed by atoms with E-state index in [2.05, 4.69) is 5.32 Å². The van der Waals surface area contributed by atoms with E-state index >= 15 is 0 Å². The van der Waals surface area contributed by atoms with Gasteiger partial charge in [-0.1, -0.05) is 6.07 Å². The lowest BCUT2D eigenvalue weighted by atomic mass is 9.97. The van der Waals surface area contributed by atoms with Crippen LogP contribution in [0.1, 0.15) is 6.92 Å². The number of nitro benzene ring substituents is 1. The number of nitro groups is 1. The van der Waals surface area contributed by atoms with Gasteiger partial charge in [-0.3, -0.25) is 14.9 Å². The number of carbonyl (C=O) groups is 1. The molecule has 4 N–H and O–H groups in total. The molecule has 10 nitrogen and oxygen atoms in total. The smallest absolute Gasteiger partial charge is 0.273 e. The van der Waals surface area contributed by atoms with Crippen molar-refractivity contribution in [3.05, 3.63) is 34.4 Å². The molecule has 1 saturated heterocycles. The van der Waals surface area contributed by atoms with Gasteiger partial charge < -0.3 is 30.1 Å². The predicted octanol–water partition coefficient (Wildman–Crippen LogP) is -1.08. The number of nitrogens with zero attached hydrogens (tertiary/aromatic N) is 1. The zero-order valence-corrected chi connectivity index (χ0v) is 12.7. The fraction of sp³-hybridized carbons (Fsp3) is 0.500. The van der Waals surface area contributed by atoms with Gasteiger partial charge in [0.15, 0.2) is 0 Å². The van der Waals surface area contributed by atoms with Gasteiger partial charge in [0.1, 0.15) is 30.1 Å². The van der Waals surface area contributed by atoms with Crippen LogP contribution in [0.3, 0.4) is 0 Å². The molecule has 1 aliphatic heterocycles. The van der Waals surface area contributed by atoms with Gasteiger partial charge in [0.25, 0.3) is 5.69 Å². The maximum atomic E-state index is 11.3. The number of benzene rings is 1. The number of amides is 1. The maximum Gasteiger partial charge on any atom is 0.273 e. The van der Waals surface area contributed by atoms with Gasteiger partial charge in [0.05, 0.1) is 17.6 Å². The minimum Gasteiger partial charge on any atom is -0.462 e. The first kappa shape index (κ1) is 18.1. The Bertz CT molecular complexity index is 610. The Labute approximate surface area is 136 Å². The molecular formula is C14H18N2O8. The Balaban J connectivity index is 2.24. The van der Waals surface area contributed by atoms with Gasteiger partial charge in [-0.25, -0.2) is 0 Å². The Morgan fingerprint density at radius 3 is 2.71 bits per heavy atom. The molecule has 132 valence electrons. The molecule has 0 aliphatic carbocycles. The van der Waals surface area contributed by atoms with Crippen molar-refractivity contribution >= 4 is 11.6 Å². The van der Waals surface area contributed by atoms with Crippen LogP contribution in [0.25, 0.3) is 0 Å². The number of aliphatic hydroxyl groups excluding tert-OH is 3. The maximum absolute atomic E-state index is 11.3. The van der Waals surface area contributed by atoms with Crippen molar-refractivity contribution in [2.24, 2.45) is 0 Å². The van der Waals surface area contributed by atoms with Crippen molar-refractivity contribution in [2.75, 3.05) is 6.61 Å². The molecule has 2 rings (SSSR count). The van der Waals surface area contributed by atoms with Crippen LogP contribution in [-0.2, 0) is 9.53 Å². The lowest BCUT2D eigenvalue weighted by Crippen LogP contribution is -2.65. The van der Waals surface area contributed by atoms with E-state index in [-0.39, 0.29) is 11.4 Å². The molecule has 1 heterocycles. The summed E-state index contributed by atoms with van der Waals surface area (Å²) < 4.78 is 10.9. The summed E-state index contributed by atoms with van der Waals surface area (Å²) in [6, 6.07) is 4.14. The molecule has 1 amide bonds. The second-order valence-corrected chi connectivity index (χ2v) is 5.31. The minimum atomic E-state index is -1.46. The SMILES string of the molecule is CC(=O)N[C@@H]1[C@@H](Oc2cccc([N+](=O)[O-])c2)O[C@@H](CO)[C@@H](O)[C@H]1O. The molecule has 1 aromatic rings. The predicted molar refractivity (Wildman–Crippen MR) is 79.1 cm³/mol. The van der Waals surface area contributed by atoms with Gasteiger partial charge in [-0.2, -0.15) is 0 Å². The van der Waals surface area contributed by atoms with E-state index in [1.54, 1.807) is 0 Å². The normalized spacial score (nSPS) is 29.8. The van der Waals surface area contributed by atoms with Crippen LogP contribution < -0.4 is 10.1 Å². The third-order valence-electron chi connectivity index (χ3n) is 3.53. The van der Waals surface area contributed by atoms with Crippen LogP contribution in [0.15, 0.2) is 24.3 Å². The standard InChI is InChI=1S/C14H18N2O8/c1-7(18)15-11-13(20)12(19)10(6-17)24-14(11)23-9-4-2-3-8(5-9)16(21)22/h2-5,10-14,17,19-20H,6H2,1H3,(H,15,18)/t10-,11-,12+,13-,14-/m0/s1. The molecule has 1 aromatic carbocycles. The summed E-state index contributed by atoms with van der Waals surface area (Å²) in [7, 11) is 0.